The first-order valence-electron chi connectivity index (χ1n) is 8.56. The summed E-state index contributed by atoms with van der Waals surface area (Å²) in [6.45, 7) is 1.42. The average Bonchev–Trinajstić information content (AvgIpc) is 3.16. The fourth-order valence-electron chi connectivity index (χ4n) is 3.49. The number of carbonyl (C=O) groups is 1. The van der Waals surface area contributed by atoms with Crippen molar-refractivity contribution in [1.29, 1.82) is 0 Å². The number of hydrogen-bond acceptors (Lipinski definition) is 4. The minimum absolute atomic E-state index is 0.103. The molecule has 7 nitrogen and oxygen atoms in total. The molecule has 0 unspecified atom stereocenters. The quantitative estimate of drug-likeness (QED) is 0.821. The molecule has 0 aromatic carbocycles. The molecule has 0 atom stereocenters. The molecule has 1 aromatic rings. The maximum atomic E-state index is 12.8. The molecule has 3 rings (SSSR count). The predicted octanol–water partition coefficient (Wildman–Crippen LogP) is 1.55. The molecule has 1 aromatic heterocycles. The third kappa shape index (κ3) is 3.50. The van der Waals surface area contributed by atoms with Gasteiger partial charge in [0.15, 0.2) is 5.76 Å². The molecule has 2 aliphatic rings. The van der Waals surface area contributed by atoms with Gasteiger partial charge < -0.3 is 9.32 Å². The van der Waals surface area contributed by atoms with Crippen LogP contribution in [0, 0.1) is 0 Å². The van der Waals surface area contributed by atoms with Gasteiger partial charge in [-0.15, -0.1) is 0 Å². The Kier molecular flexibility index (Phi) is 5.27. The minimum Gasteiger partial charge on any atom is -0.459 e. The van der Waals surface area contributed by atoms with Gasteiger partial charge in [0.05, 0.1) is 6.26 Å². The molecule has 1 aliphatic carbocycles. The lowest BCUT2D eigenvalue weighted by atomic mass is 9.96. The van der Waals surface area contributed by atoms with Crippen molar-refractivity contribution in [2.75, 3.05) is 33.2 Å². The average molecular weight is 355 g/mol. The number of carbonyl (C=O) groups excluding carboxylic acids is 1. The normalized spacial score (nSPS) is 21.3. The highest BCUT2D eigenvalue weighted by atomic mass is 32.2. The second kappa shape index (κ2) is 7.25. The molecule has 8 heteroatoms. The Morgan fingerprint density at radius 3 is 2.42 bits per heavy atom. The third-order valence-electron chi connectivity index (χ3n) is 5.04. The zero-order chi connectivity index (χ0) is 17.2. The van der Waals surface area contributed by atoms with Crippen LogP contribution in [0.3, 0.4) is 0 Å². The summed E-state index contributed by atoms with van der Waals surface area (Å²) in [5, 5.41) is 0. The maximum Gasteiger partial charge on any atom is 0.289 e. The van der Waals surface area contributed by atoms with Gasteiger partial charge in [-0.2, -0.15) is 17.0 Å². The zero-order valence-electron chi connectivity index (χ0n) is 14.1. The van der Waals surface area contributed by atoms with E-state index in [1.165, 1.54) is 21.3 Å². The van der Waals surface area contributed by atoms with Gasteiger partial charge in [-0.1, -0.05) is 19.3 Å². The second-order valence-electron chi connectivity index (χ2n) is 6.48. The SMILES string of the molecule is CN(C1CCCCC1)S(=O)(=O)N1CCN(C(=O)c2ccco2)CC1. The summed E-state index contributed by atoms with van der Waals surface area (Å²) in [4.78, 5) is 13.9. The van der Waals surface area contributed by atoms with Gasteiger partial charge >= 0.3 is 0 Å². The van der Waals surface area contributed by atoms with Gasteiger partial charge in [-0.05, 0) is 25.0 Å². The molecule has 0 N–H and O–H groups in total. The molecule has 1 amide bonds. The maximum absolute atomic E-state index is 12.8. The van der Waals surface area contributed by atoms with E-state index < -0.39 is 10.2 Å². The number of amides is 1. The first-order valence-corrected chi connectivity index (χ1v) is 9.96. The van der Waals surface area contributed by atoms with E-state index in [0.29, 0.717) is 31.9 Å². The highest BCUT2D eigenvalue weighted by molar-refractivity contribution is 7.86. The molecule has 2 fully saturated rings. The Hall–Kier alpha value is -1.38. The van der Waals surface area contributed by atoms with Crippen LogP contribution in [0.25, 0.3) is 0 Å². The number of rotatable bonds is 4. The minimum atomic E-state index is -3.46. The van der Waals surface area contributed by atoms with E-state index in [2.05, 4.69) is 0 Å². The van der Waals surface area contributed by atoms with E-state index in [4.69, 9.17) is 4.42 Å². The van der Waals surface area contributed by atoms with Crippen molar-refractivity contribution in [2.24, 2.45) is 0 Å². The first kappa shape index (κ1) is 17.4. The Morgan fingerprint density at radius 1 is 1.17 bits per heavy atom. The summed E-state index contributed by atoms with van der Waals surface area (Å²) in [5.41, 5.74) is 0. The van der Waals surface area contributed by atoms with Crippen LogP contribution in [-0.2, 0) is 10.2 Å². The van der Waals surface area contributed by atoms with Crippen molar-refractivity contribution in [1.82, 2.24) is 13.5 Å². The molecule has 1 aliphatic heterocycles. The van der Waals surface area contributed by atoms with E-state index in [1.807, 2.05) is 0 Å². The van der Waals surface area contributed by atoms with Crippen LogP contribution in [0.5, 0.6) is 0 Å². The third-order valence-corrected chi connectivity index (χ3v) is 7.08. The van der Waals surface area contributed by atoms with Crippen molar-refractivity contribution < 1.29 is 17.6 Å². The molecule has 0 bridgehead atoms. The highest BCUT2D eigenvalue weighted by Crippen LogP contribution is 2.25. The van der Waals surface area contributed by atoms with E-state index in [-0.39, 0.29) is 11.9 Å². The van der Waals surface area contributed by atoms with E-state index in [9.17, 15) is 13.2 Å². The summed E-state index contributed by atoms with van der Waals surface area (Å²) in [6.07, 6.45) is 6.72. The van der Waals surface area contributed by atoms with Crippen molar-refractivity contribution in [3.8, 4) is 0 Å². The van der Waals surface area contributed by atoms with Crippen LogP contribution in [0.15, 0.2) is 22.8 Å². The highest BCUT2D eigenvalue weighted by Gasteiger charge is 2.35. The molecule has 0 spiro atoms. The van der Waals surface area contributed by atoms with Gasteiger partial charge in [0, 0.05) is 39.3 Å². The van der Waals surface area contributed by atoms with Crippen LogP contribution in [0.4, 0.5) is 0 Å². The van der Waals surface area contributed by atoms with E-state index in [1.54, 1.807) is 24.1 Å². The summed E-state index contributed by atoms with van der Waals surface area (Å²) in [6, 6.07) is 3.40. The number of furan rings is 1. The van der Waals surface area contributed by atoms with Gasteiger partial charge in [-0.25, -0.2) is 0 Å². The molecule has 0 radical (unpaired) electrons. The standard InChI is InChI=1S/C16H25N3O4S/c1-17(14-6-3-2-4-7-14)24(21,22)19-11-9-18(10-12-19)16(20)15-8-5-13-23-15/h5,8,13-14H,2-4,6-7,9-12H2,1H3. The van der Waals surface area contributed by atoms with Gasteiger partial charge in [0.1, 0.15) is 0 Å². The van der Waals surface area contributed by atoms with Gasteiger partial charge in [0.25, 0.3) is 16.1 Å². The van der Waals surface area contributed by atoms with Crippen LogP contribution < -0.4 is 0 Å². The molecular weight excluding hydrogens is 330 g/mol. The summed E-state index contributed by atoms with van der Waals surface area (Å²) < 4.78 is 33.8. The van der Waals surface area contributed by atoms with Gasteiger partial charge in [-0.3, -0.25) is 4.79 Å². The predicted molar refractivity (Wildman–Crippen MR) is 89.7 cm³/mol. The lowest BCUT2D eigenvalue weighted by Gasteiger charge is -2.38. The van der Waals surface area contributed by atoms with E-state index in [0.717, 1.165) is 25.7 Å². The van der Waals surface area contributed by atoms with Crippen LogP contribution in [-0.4, -0.2) is 67.1 Å². The Morgan fingerprint density at radius 2 is 1.83 bits per heavy atom. The number of piperazine rings is 1. The largest absolute Gasteiger partial charge is 0.459 e. The van der Waals surface area contributed by atoms with Crippen molar-refractivity contribution in [3.05, 3.63) is 24.2 Å². The van der Waals surface area contributed by atoms with Crippen molar-refractivity contribution in [2.45, 2.75) is 38.1 Å². The van der Waals surface area contributed by atoms with E-state index >= 15 is 0 Å². The fourth-order valence-corrected chi connectivity index (χ4v) is 5.07. The molecule has 2 heterocycles. The lowest BCUT2D eigenvalue weighted by Crippen LogP contribution is -2.55. The summed E-state index contributed by atoms with van der Waals surface area (Å²) >= 11 is 0. The fraction of sp³-hybridized carbons (Fsp3) is 0.688. The number of nitrogens with zero attached hydrogens (tertiary/aromatic N) is 3. The summed E-state index contributed by atoms with van der Waals surface area (Å²) in [7, 11) is -1.77. The van der Waals surface area contributed by atoms with Crippen molar-refractivity contribution >= 4 is 16.1 Å². The topological polar surface area (TPSA) is 74.1 Å². The zero-order valence-corrected chi connectivity index (χ0v) is 14.9. The Labute approximate surface area is 143 Å². The monoisotopic (exact) mass is 355 g/mol. The Balaban J connectivity index is 1.59. The van der Waals surface area contributed by atoms with Crippen LogP contribution >= 0.6 is 0 Å². The van der Waals surface area contributed by atoms with Gasteiger partial charge in [0.2, 0.25) is 0 Å². The number of hydrogen-bond donors (Lipinski definition) is 0. The molecule has 24 heavy (non-hydrogen) atoms. The first-order chi connectivity index (χ1) is 11.5. The molecule has 134 valence electrons. The summed E-state index contributed by atoms with van der Waals surface area (Å²) in [5.74, 6) is 0.114. The smallest absolute Gasteiger partial charge is 0.289 e. The van der Waals surface area contributed by atoms with Crippen molar-refractivity contribution in [3.63, 3.8) is 0 Å². The second-order valence-corrected chi connectivity index (χ2v) is 8.47. The molecule has 1 saturated heterocycles. The molecular formula is C16H25N3O4S. The lowest BCUT2D eigenvalue weighted by molar-refractivity contribution is 0.0661. The van der Waals surface area contributed by atoms with Crippen LogP contribution in [0.2, 0.25) is 0 Å². The Bertz CT molecular complexity index is 645. The van der Waals surface area contributed by atoms with Crippen LogP contribution in [0.1, 0.15) is 42.7 Å². The molecule has 1 saturated carbocycles.